The van der Waals surface area contributed by atoms with Crippen molar-refractivity contribution in [1.82, 2.24) is 0 Å². The second kappa shape index (κ2) is 9.07. The van der Waals surface area contributed by atoms with Gasteiger partial charge in [-0.1, -0.05) is 36.4 Å². The van der Waals surface area contributed by atoms with Gasteiger partial charge in [-0.15, -0.1) is 0 Å². The van der Waals surface area contributed by atoms with E-state index in [2.05, 4.69) is 15.4 Å². The Balaban J connectivity index is 2.09. The monoisotopic (exact) mass is 370 g/mol. The van der Waals surface area contributed by atoms with E-state index < -0.39 is 17.8 Å². The molecule has 2 aromatic carbocycles. The van der Waals surface area contributed by atoms with E-state index in [1.165, 1.54) is 7.11 Å². The number of carbonyl (C=O) groups is 2. The van der Waals surface area contributed by atoms with Gasteiger partial charge in [0.15, 0.2) is 0 Å². The van der Waals surface area contributed by atoms with Gasteiger partial charge in [0.05, 0.1) is 7.11 Å². The molecular formula is C21H26N2O4. The molecule has 0 fully saturated rings. The summed E-state index contributed by atoms with van der Waals surface area (Å²) in [4.78, 5) is 23.6. The van der Waals surface area contributed by atoms with Crippen molar-refractivity contribution in [3.05, 3.63) is 59.7 Å². The van der Waals surface area contributed by atoms with Crippen molar-refractivity contribution in [2.45, 2.75) is 39.2 Å². The number of ether oxygens (including phenoxy) is 2. The van der Waals surface area contributed by atoms with Crippen molar-refractivity contribution in [2.24, 2.45) is 0 Å². The third-order valence-corrected chi connectivity index (χ3v) is 3.76. The Kier molecular flexibility index (Phi) is 6.82. The molecule has 2 amide bonds. The summed E-state index contributed by atoms with van der Waals surface area (Å²) in [6.45, 7) is 5.47. The summed E-state index contributed by atoms with van der Waals surface area (Å²) >= 11 is 0. The lowest BCUT2D eigenvalue weighted by Crippen LogP contribution is -2.27. The highest BCUT2D eigenvalue weighted by Gasteiger charge is 2.17. The summed E-state index contributed by atoms with van der Waals surface area (Å²) in [7, 11) is 1.33. The molecule has 0 aliphatic carbocycles. The summed E-state index contributed by atoms with van der Waals surface area (Å²) in [6, 6.07) is 15.2. The van der Waals surface area contributed by atoms with Crippen LogP contribution in [0.15, 0.2) is 48.5 Å². The number of aryl methyl sites for hydroxylation is 2. The van der Waals surface area contributed by atoms with Gasteiger partial charge in [0.1, 0.15) is 5.60 Å². The minimum atomic E-state index is -0.558. The number of para-hydroxylation sites is 2. The van der Waals surface area contributed by atoms with Crippen molar-refractivity contribution in [1.29, 1.82) is 0 Å². The van der Waals surface area contributed by atoms with E-state index in [-0.39, 0.29) is 0 Å². The molecule has 0 saturated heterocycles. The summed E-state index contributed by atoms with van der Waals surface area (Å²) in [5.74, 6) is 0. The SMILES string of the molecule is COC(=O)Nc1ccccc1CCc1ccccc1NC(=O)OC(C)(C)C. The van der Waals surface area contributed by atoms with Gasteiger partial charge in [-0.05, 0) is 56.9 Å². The predicted octanol–water partition coefficient (Wildman–Crippen LogP) is 5.00. The van der Waals surface area contributed by atoms with E-state index in [1.54, 1.807) is 0 Å². The molecule has 0 saturated carbocycles. The molecule has 2 rings (SSSR count). The van der Waals surface area contributed by atoms with Crippen LogP contribution in [-0.2, 0) is 22.3 Å². The molecule has 0 aromatic heterocycles. The lowest BCUT2D eigenvalue weighted by molar-refractivity contribution is 0.0635. The minimum absolute atomic E-state index is 0.484. The van der Waals surface area contributed by atoms with Gasteiger partial charge >= 0.3 is 12.2 Å². The third-order valence-electron chi connectivity index (χ3n) is 3.76. The van der Waals surface area contributed by atoms with Crippen molar-refractivity contribution >= 4 is 23.6 Å². The Bertz CT molecular complexity index is 797. The highest BCUT2D eigenvalue weighted by molar-refractivity contribution is 5.86. The molecule has 2 N–H and O–H groups in total. The number of nitrogens with one attached hydrogen (secondary N) is 2. The first-order chi connectivity index (χ1) is 12.8. The maximum Gasteiger partial charge on any atom is 0.412 e. The zero-order chi connectivity index (χ0) is 19.9. The van der Waals surface area contributed by atoms with Gasteiger partial charge < -0.3 is 9.47 Å². The van der Waals surface area contributed by atoms with Crippen LogP contribution in [0.4, 0.5) is 21.0 Å². The first-order valence-corrected chi connectivity index (χ1v) is 8.79. The maximum atomic E-state index is 12.1. The average Bonchev–Trinajstić information content (AvgIpc) is 2.60. The highest BCUT2D eigenvalue weighted by Crippen LogP contribution is 2.22. The largest absolute Gasteiger partial charge is 0.453 e. The van der Waals surface area contributed by atoms with E-state index in [4.69, 9.17) is 4.74 Å². The lowest BCUT2D eigenvalue weighted by atomic mass is 10.0. The first kappa shape index (κ1) is 20.3. The molecule has 0 aliphatic heterocycles. The van der Waals surface area contributed by atoms with Crippen LogP contribution >= 0.6 is 0 Å². The number of methoxy groups -OCH3 is 1. The molecule has 0 aliphatic rings. The van der Waals surface area contributed by atoms with Crippen LogP contribution in [-0.4, -0.2) is 24.9 Å². The van der Waals surface area contributed by atoms with Crippen LogP contribution < -0.4 is 10.6 Å². The second-order valence-electron chi connectivity index (χ2n) is 7.06. The first-order valence-electron chi connectivity index (χ1n) is 8.79. The van der Waals surface area contributed by atoms with Crippen molar-refractivity contribution < 1.29 is 19.1 Å². The van der Waals surface area contributed by atoms with Gasteiger partial charge in [-0.2, -0.15) is 0 Å². The molecule has 6 nitrogen and oxygen atoms in total. The van der Waals surface area contributed by atoms with Crippen molar-refractivity contribution in [3.63, 3.8) is 0 Å². The fourth-order valence-corrected chi connectivity index (χ4v) is 2.56. The Morgan fingerprint density at radius 1 is 0.815 bits per heavy atom. The Hall–Kier alpha value is -3.02. The fraction of sp³-hybridized carbons (Fsp3) is 0.333. The van der Waals surface area contributed by atoms with Gasteiger partial charge in [0.2, 0.25) is 0 Å². The van der Waals surface area contributed by atoms with Crippen LogP contribution in [0.3, 0.4) is 0 Å². The molecule has 27 heavy (non-hydrogen) atoms. The third kappa shape index (κ3) is 6.66. The van der Waals surface area contributed by atoms with Crippen LogP contribution in [0.25, 0.3) is 0 Å². The molecule has 2 aromatic rings. The van der Waals surface area contributed by atoms with Crippen LogP contribution in [0.1, 0.15) is 31.9 Å². The quantitative estimate of drug-likeness (QED) is 0.777. The fourth-order valence-electron chi connectivity index (χ4n) is 2.56. The zero-order valence-electron chi connectivity index (χ0n) is 16.2. The van der Waals surface area contributed by atoms with Crippen LogP contribution in [0.2, 0.25) is 0 Å². The smallest absolute Gasteiger partial charge is 0.412 e. The molecule has 0 spiro atoms. The topological polar surface area (TPSA) is 76.7 Å². The molecule has 0 bridgehead atoms. The van der Waals surface area contributed by atoms with Gasteiger partial charge in [-0.25, -0.2) is 9.59 Å². The van der Waals surface area contributed by atoms with E-state index in [1.807, 2.05) is 69.3 Å². The van der Waals surface area contributed by atoms with E-state index in [9.17, 15) is 9.59 Å². The number of carbonyl (C=O) groups excluding carboxylic acids is 2. The zero-order valence-corrected chi connectivity index (χ0v) is 16.2. The van der Waals surface area contributed by atoms with Crippen LogP contribution in [0, 0.1) is 0 Å². The molecular weight excluding hydrogens is 344 g/mol. The Morgan fingerprint density at radius 2 is 1.26 bits per heavy atom. The minimum Gasteiger partial charge on any atom is -0.453 e. The number of amides is 2. The van der Waals surface area contributed by atoms with Gasteiger partial charge in [-0.3, -0.25) is 10.6 Å². The highest BCUT2D eigenvalue weighted by atomic mass is 16.6. The number of hydrogen-bond acceptors (Lipinski definition) is 4. The number of rotatable bonds is 5. The number of benzene rings is 2. The standard InChI is InChI=1S/C21H26N2O4/c1-21(2,3)27-20(25)23-18-12-8-6-10-16(18)14-13-15-9-5-7-11-17(15)22-19(24)26-4/h5-12H,13-14H2,1-4H3,(H,22,24)(H,23,25). The van der Waals surface area contributed by atoms with Gasteiger partial charge in [0.25, 0.3) is 0 Å². The summed E-state index contributed by atoms with van der Waals surface area (Å²) in [6.07, 6.45) is 0.385. The van der Waals surface area contributed by atoms with E-state index >= 15 is 0 Å². The average molecular weight is 370 g/mol. The number of hydrogen-bond donors (Lipinski definition) is 2. The Morgan fingerprint density at radius 3 is 1.70 bits per heavy atom. The maximum absolute atomic E-state index is 12.1. The normalized spacial score (nSPS) is 10.8. The molecule has 0 radical (unpaired) electrons. The summed E-state index contributed by atoms with van der Waals surface area (Å²) in [5, 5.41) is 5.53. The van der Waals surface area contributed by atoms with E-state index in [0.717, 1.165) is 11.1 Å². The lowest BCUT2D eigenvalue weighted by Gasteiger charge is -2.20. The Labute approximate surface area is 159 Å². The number of anilines is 2. The predicted molar refractivity (Wildman–Crippen MR) is 106 cm³/mol. The van der Waals surface area contributed by atoms with Crippen molar-refractivity contribution in [2.75, 3.05) is 17.7 Å². The summed E-state index contributed by atoms with van der Waals surface area (Å²) in [5.41, 5.74) is 2.83. The molecule has 6 heteroatoms. The van der Waals surface area contributed by atoms with Gasteiger partial charge in [0, 0.05) is 11.4 Å². The molecule has 0 unspecified atom stereocenters. The second-order valence-corrected chi connectivity index (χ2v) is 7.06. The van der Waals surface area contributed by atoms with E-state index in [0.29, 0.717) is 24.2 Å². The summed E-state index contributed by atoms with van der Waals surface area (Å²) < 4.78 is 9.99. The van der Waals surface area contributed by atoms with Crippen LogP contribution in [0.5, 0.6) is 0 Å². The molecule has 0 atom stereocenters. The molecule has 0 heterocycles. The molecule has 144 valence electrons. The van der Waals surface area contributed by atoms with Crippen molar-refractivity contribution in [3.8, 4) is 0 Å².